The molecule has 0 spiro atoms. The summed E-state index contributed by atoms with van der Waals surface area (Å²) in [6.45, 7) is 8.69. The molecule has 4 aromatic rings. The van der Waals surface area contributed by atoms with Gasteiger partial charge in [0.2, 0.25) is 0 Å². The van der Waals surface area contributed by atoms with Crippen molar-refractivity contribution in [2.45, 2.75) is 53.4 Å². The molecule has 186 valence electrons. The van der Waals surface area contributed by atoms with Crippen LogP contribution in [0, 0.1) is 0 Å². The van der Waals surface area contributed by atoms with Crippen LogP contribution in [-0.2, 0) is 25.7 Å². The number of benzene rings is 4. The van der Waals surface area contributed by atoms with E-state index in [-0.39, 0.29) is 0 Å². The van der Waals surface area contributed by atoms with E-state index in [2.05, 4.69) is 52.0 Å². The normalized spacial score (nSPS) is 10.9. The minimum Gasteiger partial charge on any atom is -0.457 e. The van der Waals surface area contributed by atoms with Gasteiger partial charge in [-0.25, -0.2) is 0 Å². The number of ether oxygens (including phenoxy) is 2. The van der Waals surface area contributed by atoms with Crippen LogP contribution in [0.4, 0.5) is 11.4 Å². The van der Waals surface area contributed by atoms with E-state index in [0.717, 1.165) is 60.1 Å². The Bertz CT molecular complexity index is 1170. The third-order valence-electron chi connectivity index (χ3n) is 6.54. The summed E-state index contributed by atoms with van der Waals surface area (Å²) in [6.07, 6.45) is 3.52. The van der Waals surface area contributed by atoms with E-state index in [0.29, 0.717) is 0 Å². The highest BCUT2D eigenvalue weighted by Gasteiger charge is 2.16. The number of anilines is 2. The van der Waals surface area contributed by atoms with Crippen molar-refractivity contribution in [3.8, 4) is 34.1 Å². The molecule has 4 aromatic carbocycles. The number of hydrogen-bond donors (Lipinski definition) is 2. The van der Waals surface area contributed by atoms with Crippen LogP contribution < -0.4 is 20.9 Å². The van der Waals surface area contributed by atoms with E-state index in [1.165, 1.54) is 33.4 Å². The molecule has 0 radical (unpaired) electrons. The molecule has 0 heterocycles. The second-order valence-corrected chi connectivity index (χ2v) is 9.00. The van der Waals surface area contributed by atoms with Gasteiger partial charge >= 0.3 is 0 Å². The molecule has 0 unspecified atom stereocenters. The summed E-state index contributed by atoms with van der Waals surface area (Å²) in [7, 11) is 0. The molecule has 0 saturated heterocycles. The average Bonchev–Trinajstić information content (AvgIpc) is 2.91. The Hall–Kier alpha value is -3.92. The molecule has 4 rings (SSSR count). The SMILES string of the molecule is CCc1cc(-c2cc(CC)c(Oc3ccc(N)cc3)c(CC)c2)cc(CC)c1Oc1ccc(N)cc1. The van der Waals surface area contributed by atoms with Gasteiger partial charge < -0.3 is 20.9 Å². The molecule has 0 fully saturated rings. The van der Waals surface area contributed by atoms with Crippen molar-refractivity contribution in [2.75, 3.05) is 11.5 Å². The highest BCUT2D eigenvalue weighted by Crippen LogP contribution is 2.39. The van der Waals surface area contributed by atoms with Crippen LogP contribution in [0.1, 0.15) is 49.9 Å². The summed E-state index contributed by atoms with van der Waals surface area (Å²) < 4.78 is 12.7. The zero-order valence-corrected chi connectivity index (χ0v) is 21.7. The predicted molar refractivity (Wildman–Crippen MR) is 151 cm³/mol. The molecular formula is C32H36N2O2. The monoisotopic (exact) mass is 480 g/mol. The Morgan fingerprint density at radius 3 is 1.00 bits per heavy atom. The molecule has 0 aliphatic heterocycles. The lowest BCUT2D eigenvalue weighted by atomic mass is 9.92. The van der Waals surface area contributed by atoms with Crippen LogP contribution in [0.2, 0.25) is 0 Å². The first-order valence-electron chi connectivity index (χ1n) is 12.8. The van der Waals surface area contributed by atoms with Gasteiger partial charge in [0.1, 0.15) is 23.0 Å². The second kappa shape index (κ2) is 11.2. The fraction of sp³-hybridized carbons (Fsp3) is 0.250. The quantitative estimate of drug-likeness (QED) is 0.236. The first-order chi connectivity index (χ1) is 17.4. The first-order valence-corrected chi connectivity index (χ1v) is 12.8. The lowest BCUT2D eigenvalue weighted by Gasteiger charge is -2.19. The average molecular weight is 481 g/mol. The van der Waals surface area contributed by atoms with Crippen LogP contribution in [-0.4, -0.2) is 0 Å². The molecule has 4 heteroatoms. The maximum Gasteiger partial charge on any atom is 0.133 e. The molecule has 36 heavy (non-hydrogen) atoms. The van der Waals surface area contributed by atoms with E-state index >= 15 is 0 Å². The Morgan fingerprint density at radius 1 is 0.472 bits per heavy atom. The minimum atomic E-state index is 0.728. The summed E-state index contributed by atoms with van der Waals surface area (Å²) in [5.74, 6) is 3.49. The fourth-order valence-electron chi connectivity index (χ4n) is 4.46. The summed E-state index contributed by atoms with van der Waals surface area (Å²) in [6, 6.07) is 24.2. The van der Waals surface area contributed by atoms with Crippen molar-refractivity contribution >= 4 is 11.4 Å². The molecule has 0 aliphatic rings. The molecular weight excluding hydrogens is 444 g/mol. The summed E-state index contributed by atoms with van der Waals surface area (Å²) in [4.78, 5) is 0. The molecule has 0 aliphatic carbocycles. The van der Waals surface area contributed by atoms with E-state index in [4.69, 9.17) is 20.9 Å². The molecule has 0 aromatic heterocycles. The maximum absolute atomic E-state index is 6.37. The van der Waals surface area contributed by atoms with Crippen molar-refractivity contribution in [2.24, 2.45) is 0 Å². The van der Waals surface area contributed by atoms with Crippen molar-refractivity contribution in [1.82, 2.24) is 0 Å². The Morgan fingerprint density at radius 2 is 0.750 bits per heavy atom. The summed E-state index contributed by atoms with van der Waals surface area (Å²) >= 11 is 0. The number of hydrogen-bond acceptors (Lipinski definition) is 4. The van der Waals surface area contributed by atoms with Gasteiger partial charge in [-0.15, -0.1) is 0 Å². The van der Waals surface area contributed by atoms with Crippen LogP contribution in [0.5, 0.6) is 23.0 Å². The van der Waals surface area contributed by atoms with E-state index < -0.39 is 0 Å². The predicted octanol–water partition coefficient (Wildman–Crippen LogP) is 8.35. The van der Waals surface area contributed by atoms with E-state index in [1.807, 2.05) is 48.5 Å². The third-order valence-corrected chi connectivity index (χ3v) is 6.54. The third kappa shape index (κ3) is 5.49. The second-order valence-electron chi connectivity index (χ2n) is 9.00. The summed E-state index contributed by atoms with van der Waals surface area (Å²) in [5, 5.41) is 0. The van der Waals surface area contributed by atoms with Crippen molar-refractivity contribution in [1.29, 1.82) is 0 Å². The molecule has 0 atom stereocenters. The van der Waals surface area contributed by atoms with Gasteiger partial charge in [0.15, 0.2) is 0 Å². The Balaban J connectivity index is 1.75. The standard InChI is InChI=1S/C32H36N2O2/c1-5-21-17-25(18-22(6-2)31(21)35-29-13-9-27(33)10-14-29)26-19-23(7-3)32(24(8-4)20-26)36-30-15-11-28(34)12-16-30/h9-20H,5-8,33-34H2,1-4H3. The largest absolute Gasteiger partial charge is 0.457 e. The van der Waals surface area contributed by atoms with Crippen LogP contribution >= 0.6 is 0 Å². The van der Waals surface area contributed by atoms with Crippen molar-refractivity contribution < 1.29 is 9.47 Å². The maximum atomic E-state index is 6.37. The smallest absolute Gasteiger partial charge is 0.133 e. The van der Waals surface area contributed by atoms with Gasteiger partial charge in [-0.2, -0.15) is 0 Å². The van der Waals surface area contributed by atoms with Gasteiger partial charge in [-0.1, -0.05) is 27.7 Å². The topological polar surface area (TPSA) is 70.5 Å². The number of nitrogens with two attached hydrogens (primary N) is 2. The first kappa shape index (κ1) is 25.2. The van der Waals surface area contributed by atoms with E-state index in [9.17, 15) is 0 Å². The number of aryl methyl sites for hydroxylation is 4. The molecule has 0 amide bonds. The van der Waals surface area contributed by atoms with Gasteiger partial charge in [0.25, 0.3) is 0 Å². The lowest BCUT2D eigenvalue weighted by Crippen LogP contribution is -2.00. The minimum absolute atomic E-state index is 0.728. The Kier molecular flexibility index (Phi) is 7.84. The lowest BCUT2D eigenvalue weighted by molar-refractivity contribution is 0.470. The van der Waals surface area contributed by atoms with Crippen LogP contribution in [0.25, 0.3) is 11.1 Å². The van der Waals surface area contributed by atoms with Crippen molar-refractivity contribution in [3.63, 3.8) is 0 Å². The molecule has 4 N–H and O–H groups in total. The van der Waals surface area contributed by atoms with Crippen molar-refractivity contribution in [3.05, 3.63) is 95.1 Å². The van der Waals surface area contributed by atoms with Gasteiger partial charge in [-0.05, 0) is 132 Å². The zero-order valence-electron chi connectivity index (χ0n) is 21.7. The summed E-state index contributed by atoms with van der Waals surface area (Å²) in [5.41, 5.74) is 20.4. The highest BCUT2D eigenvalue weighted by molar-refractivity contribution is 5.71. The molecule has 4 nitrogen and oxygen atoms in total. The van der Waals surface area contributed by atoms with E-state index in [1.54, 1.807) is 0 Å². The number of rotatable bonds is 9. The Labute approximate surface area is 214 Å². The number of nitrogen functional groups attached to an aromatic ring is 2. The highest BCUT2D eigenvalue weighted by atomic mass is 16.5. The molecule has 0 saturated carbocycles. The zero-order chi connectivity index (χ0) is 25.7. The van der Waals surface area contributed by atoms with Gasteiger partial charge in [0.05, 0.1) is 0 Å². The fourth-order valence-corrected chi connectivity index (χ4v) is 4.46. The van der Waals surface area contributed by atoms with Crippen LogP contribution in [0.15, 0.2) is 72.8 Å². The van der Waals surface area contributed by atoms with Gasteiger partial charge in [0, 0.05) is 11.4 Å². The van der Waals surface area contributed by atoms with Crippen LogP contribution in [0.3, 0.4) is 0 Å². The van der Waals surface area contributed by atoms with Gasteiger partial charge in [-0.3, -0.25) is 0 Å². The molecule has 0 bridgehead atoms.